The van der Waals surface area contributed by atoms with Crippen LogP contribution in [-0.4, -0.2) is 38.3 Å². The van der Waals surface area contributed by atoms with E-state index in [4.69, 9.17) is 16.3 Å². The Balaban J connectivity index is 1.54. The smallest absolute Gasteiger partial charge is 0.224 e. The second-order valence-corrected chi connectivity index (χ2v) is 5.77. The van der Waals surface area contributed by atoms with E-state index in [2.05, 4.69) is 10.6 Å². The van der Waals surface area contributed by atoms with Gasteiger partial charge in [0.15, 0.2) is 0 Å². The Kier molecular flexibility index (Phi) is 7.00. The van der Waals surface area contributed by atoms with Crippen molar-refractivity contribution in [2.75, 3.05) is 26.2 Å². The standard InChI is InChI=1S/C16H23ClN2O2/c17-14-4-1-3-13(11-14)12-16(20)19-7-2-10-21-15-5-8-18-9-6-15/h1,3-4,11,15,18H,2,5-10,12H2,(H,19,20). The van der Waals surface area contributed by atoms with Gasteiger partial charge in [0.25, 0.3) is 0 Å². The van der Waals surface area contributed by atoms with Crippen LogP contribution >= 0.6 is 11.6 Å². The highest BCUT2D eigenvalue weighted by Crippen LogP contribution is 2.11. The summed E-state index contributed by atoms with van der Waals surface area (Å²) in [5.74, 6) is 0.0270. The minimum absolute atomic E-state index is 0.0270. The van der Waals surface area contributed by atoms with Crippen LogP contribution in [0.3, 0.4) is 0 Å². The number of hydrogen-bond donors (Lipinski definition) is 2. The number of rotatable bonds is 7. The van der Waals surface area contributed by atoms with E-state index < -0.39 is 0 Å². The Bertz CT molecular complexity index is 448. The van der Waals surface area contributed by atoms with Crippen molar-refractivity contribution in [3.8, 4) is 0 Å². The second kappa shape index (κ2) is 9.03. The van der Waals surface area contributed by atoms with Gasteiger partial charge in [0.05, 0.1) is 12.5 Å². The van der Waals surface area contributed by atoms with Gasteiger partial charge in [-0.05, 0) is 50.0 Å². The molecule has 2 rings (SSSR count). The van der Waals surface area contributed by atoms with Gasteiger partial charge >= 0.3 is 0 Å². The highest BCUT2D eigenvalue weighted by Gasteiger charge is 2.12. The number of benzene rings is 1. The molecule has 0 saturated carbocycles. The Hall–Kier alpha value is -1.10. The number of nitrogens with one attached hydrogen (secondary N) is 2. The van der Waals surface area contributed by atoms with Gasteiger partial charge in [-0.15, -0.1) is 0 Å². The summed E-state index contributed by atoms with van der Waals surface area (Å²) >= 11 is 5.89. The molecule has 1 heterocycles. The molecule has 1 aliphatic heterocycles. The summed E-state index contributed by atoms with van der Waals surface area (Å²) in [5, 5.41) is 6.89. The van der Waals surface area contributed by atoms with Crippen LogP contribution in [0.15, 0.2) is 24.3 Å². The van der Waals surface area contributed by atoms with E-state index >= 15 is 0 Å². The third kappa shape index (κ3) is 6.46. The zero-order valence-corrected chi connectivity index (χ0v) is 13.0. The van der Waals surface area contributed by atoms with E-state index in [1.807, 2.05) is 18.2 Å². The Morgan fingerprint density at radius 3 is 2.95 bits per heavy atom. The number of hydrogen-bond acceptors (Lipinski definition) is 3. The van der Waals surface area contributed by atoms with Crippen molar-refractivity contribution in [1.29, 1.82) is 0 Å². The molecule has 0 atom stereocenters. The van der Waals surface area contributed by atoms with Crippen molar-refractivity contribution in [3.05, 3.63) is 34.9 Å². The maximum absolute atomic E-state index is 11.8. The minimum atomic E-state index is 0.0270. The molecule has 0 bridgehead atoms. The fraction of sp³-hybridized carbons (Fsp3) is 0.562. The summed E-state index contributed by atoms with van der Waals surface area (Å²) in [6.45, 7) is 3.45. The molecule has 5 heteroatoms. The predicted molar refractivity (Wildman–Crippen MR) is 84.6 cm³/mol. The molecule has 2 N–H and O–H groups in total. The number of amides is 1. The molecular formula is C16H23ClN2O2. The quantitative estimate of drug-likeness (QED) is 0.759. The van der Waals surface area contributed by atoms with Crippen LogP contribution in [-0.2, 0) is 16.0 Å². The van der Waals surface area contributed by atoms with Gasteiger partial charge in [-0.1, -0.05) is 23.7 Å². The molecule has 1 fully saturated rings. The van der Waals surface area contributed by atoms with Crippen molar-refractivity contribution in [3.63, 3.8) is 0 Å². The minimum Gasteiger partial charge on any atom is -0.378 e. The molecule has 1 aromatic carbocycles. The number of ether oxygens (including phenoxy) is 1. The van der Waals surface area contributed by atoms with Gasteiger partial charge in [0.1, 0.15) is 0 Å². The fourth-order valence-electron chi connectivity index (χ4n) is 2.41. The Labute approximate surface area is 131 Å². The molecule has 1 aliphatic rings. The van der Waals surface area contributed by atoms with E-state index in [0.717, 1.165) is 37.9 Å². The van der Waals surface area contributed by atoms with Gasteiger partial charge in [-0.25, -0.2) is 0 Å². The molecule has 0 aliphatic carbocycles. The van der Waals surface area contributed by atoms with Gasteiger partial charge < -0.3 is 15.4 Å². The lowest BCUT2D eigenvalue weighted by Gasteiger charge is -2.22. The number of piperidine rings is 1. The molecule has 1 saturated heterocycles. The van der Waals surface area contributed by atoms with Crippen LogP contribution in [0.1, 0.15) is 24.8 Å². The molecule has 1 amide bonds. The third-order valence-electron chi connectivity index (χ3n) is 3.54. The lowest BCUT2D eigenvalue weighted by atomic mass is 10.1. The van der Waals surface area contributed by atoms with Crippen molar-refractivity contribution in [1.82, 2.24) is 10.6 Å². The van der Waals surface area contributed by atoms with E-state index in [-0.39, 0.29) is 5.91 Å². The molecule has 0 radical (unpaired) electrons. The molecule has 0 aromatic heterocycles. The molecule has 0 spiro atoms. The maximum atomic E-state index is 11.8. The van der Waals surface area contributed by atoms with E-state index in [1.165, 1.54) is 0 Å². The lowest BCUT2D eigenvalue weighted by molar-refractivity contribution is -0.120. The second-order valence-electron chi connectivity index (χ2n) is 5.33. The van der Waals surface area contributed by atoms with Crippen LogP contribution in [0, 0.1) is 0 Å². The monoisotopic (exact) mass is 310 g/mol. The van der Waals surface area contributed by atoms with Crippen LogP contribution < -0.4 is 10.6 Å². The van der Waals surface area contributed by atoms with E-state index in [0.29, 0.717) is 30.7 Å². The fourth-order valence-corrected chi connectivity index (χ4v) is 2.62. The first-order valence-corrected chi connectivity index (χ1v) is 7.95. The van der Waals surface area contributed by atoms with Crippen molar-refractivity contribution < 1.29 is 9.53 Å². The molecule has 4 nitrogen and oxygen atoms in total. The van der Waals surface area contributed by atoms with Crippen LogP contribution in [0.2, 0.25) is 5.02 Å². The Morgan fingerprint density at radius 1 is 1.38 bits per heavy atom. The van der Waals surface area contributed by atoms with Crippen molar-refractivity contribution >= 4 is 17.5 Å². The maximum Gasteiger partial charge on any atom is 0.224 e. The first-order chi connectivity index (χ1) is 10.2. The summed E-state index contributed by atoms with van der Waals surface area (Å²) in [5.41, 5.74) is 0.936. The van der Waals surface area contributed by atoms with E-state index in [9.17, 15) is 4.79 Å². The first-order valence-electron chi connectivity index (χ1n) is 7.57. The number of halogens is 1. The number of carbonyl (C=O) groups excluding carboxylic acids is 1. The largest absolute Gasteiger partial charge is 0.378 e. The average molecular weight is 311 g/mol. The van der Waals surface area contributed by atoms with Crippen LogP contribution in [0.25, 0.3) is 0 Å². The lowest BCUT2D eigenvalue weighted by Crippen LogP contribution is -2.33. The van der Waals surface area contributed by atoms with Gasteiger partial charge in [-0.3, -0.25) is 4.79 Å². The first kappa shape index (κ1) is 16.3. The van der Waals surface area contributed by atoms with Gasteiger partial charge in [-0.2, -0.15) is 0 Å². The predicted octanol–water partition coefficient (Wildman–Crippen LogP) is 2.16. The summed E-state index contributed by atoms with van der Waals surface area (Å²) < 4.78 is 5.79. The summed E-state index contributed by atoms with van der Waals surface area (Å²) in [6.07, 6.45) is 3.77. The zero-order valence-electron chi connectivity index (χ0n) is 12.2. The molecule has 0 unspecified atom stereocenters. The molecule has 21 heavy (non-hydrogen) atoms. The topological polar surface area (TPSA) is 50.4 Å². The van der Waals surface area contributed by atoms with Gasteiger partial charge in [0, 0.05) is 18.2 Å². The molecule has 116 valence electrons. The SMILES string of the molecule is O=C(Cc1cccc(Cl)c1)NCCCOC1CCNCC1. The molecule has 1 aromatic rings. The summed E-state index contributed by atoms with van der Waals surface area (Å²) in [7, 11) is 0. The Morgan fingerprint density at radius 2 is 2.19 bits per heavy atom. The number of carbonyl (C=O) groups is 1. The summed E-state index contributed by atoms with van der Waals surface area (Å²) in [6, 6.07) is 7.39. The van der Waals surface area contributed by atoms with Crippen LogP contribution in [0.4, 0.5) is 0 Å². The van der Waals surface area contributed by atoms with E-state index in [1.54, 1.807) is 6.07 Å². The normalized spacial score (nSPS) is 15.9. The zero-order chi connectivity index (χ0) is 14.9. The van der Waals surface area contributed by atoms with Gasteiger partial charge in [0.2, 0.25) is 5.91 Å². The molecular weight excluding hydrogens is 288 g/mol. The van der Waals surface area contributed by atoms with Crippen molar-refractivity contribution in [2.45, 2.75) is 31.8 Å². The summed E-state index contributed by atoms with van der Waals surface area (Å²) in [4.78, 5) is 11.8. The average Bonchev–Trinajstić information content (AvgIpc) is 2.48. The van der Waals surface area contributed by atoms with Crippen LogP contribution in [0.5, 0.6) is 0 Å². The third-order valence-corrected chi connectivity index (χ3v) is 3.77. The highest BCUT2D eigenvalue weighted by molar-refractivity contribution is 6.30. The highest BCUT2D eigenvalue weighted by atomic mass is 35.5. The van der Waals surface area contributed by atoms with Crippen molar-refractivity contribution in [2.24, 2.45) is 0 Å².